The van der Waals surface area contributed by atoms with E-state index < -0.39 is 10.7 Å². The summed E-state index contributed by atoms with van der Waals surface area (Å²) < 4.78 is 10.1. The number of halogens is 1. The monoisotopic (exact) mass is 314 g/mol. The first-order valence-electron chi connectivity index (χ1n) is 5.84. The van der Waals surface area contributed by atoms with Crippen LogP contribution in [0.2, 0.25) is 0 Å². The van der Waals surface area contributed by atoms with E-state index in [0.717, 1.165) is 6.07 Å². The molecule has 0 aromatic heterocycles. The van der Waals surface area contributed by atoms with E-state index in [1.807, 2.05) is 0 Å². The van der Waals surface area contributed by atoms with Crippen LogP contribution in [0.15, 0.2) is 24.4 Å². The number of methoxy groups -OCH3 is 1. The maximum absolute atomic E-state index is 12.1. The summed E-state index contributed by atoms with van der Waals surface area (Å²) >= 11 is 5.45. The summed E-state index contributed by atoms with van der Waals surface area (Å²) in [5, 5.41) is 11.1. The van der Waals surface area contributed by atoms with Crippen LogP contribution in [0.3, 0.4) is 0 Å². The predicted octanol–water partition coefficient (Wildman–Crippen LogP) is 2.44. The van der Waals surface area contributed by atoms with Crippen LogP contribution < -0.4 is 9.47 Å². The Labute approximate surface area is 126 Å². The van der Waals surface area contributed by atoms with Crippen molar-refractivity contribution >= 4 is 23.1 Å². The van der Waals surface area contributed by atoms with Crippen LogP contribution in [0.25, 0.3) is 0 Å². The molecule has 7 nitrogen and oxygen atoms in total. The second-order valence-electron chi connectivity index (χ2n) is 4.17. The lowest BCUT2D eigenvalue weighted by Gasteiger charge is -2.10. The molecule has 0 saturated carbocycles. The van der Waals surface area contributed by atoms with E-state index in [-0.39, 0.29) is 28.8 Å². The van der Waals surface area contributed by atoms with Crippen LogP contribution >= 0.6 is 11.6 Å². The zero-order valence-corrected chi connectivity index (χ0v) is 12.6. The molecule has 0 unspecified atom stereocenters. The smallest absolute Gasteiger partial charge is 0.284 e. The van der Waals surface area contributed by atoms with Gasteiger partial charge in [-0.05, 0) is 0 Å². The van der Waals surface area contributed by atoms with Crippen molar-refractivity contribution in [3.05, 3.63) is 40.1 Å². The molecule has 0 N–H and O–H groups in total. The van der Waals surface area contributed by atoms with Crippen molar-refractivity contribution < 1.29 is 19.2 Å². The molecule has 0 radical (unpaired) electrons. The number of nitro benzene ring substituents is 1. The molecule has 0 saturated heterocycles. The highest BCUT2D eigenvalue weighted by Gasteiger charge is 2.23. The normalized spacial score (nSPS) is 10.5. The number of nitro groups is 1. The topological polar surface area (TPSA) is 81.9 Å². The van der Waals surface area contributed by atoms with Crippen LogP contribution in [0.1, 0.15) is 10.4 Å². The number of nitrogens with zero attached hydrogens (tertiary/aromatic N) is 2. The number of alkyl halides is 1. The number of hydrogen-bond acceptors (Lipinski definition) is 6. The van der Waals surface area contributed by atoms with Gasteiger partial charge in [0.1, 0.15) is 5.56 Å². The molecule has 0 heterocycles. The Morgan fingerprint density at radius 1 is 1.43 bits per heavy atom. The Balaban J connectivity index is 3.35. The van der Waals surface area contributed by atoms with Crippen LogP contribution in [0, 0.1) is 10.1 Å². The third-order valence-corrected chi connectivity index (χ3v) is 2.59. The highest BCUT2D eigenvalue weighted by atomic mass is 35.5. The number of benzene rings is 1. The quantitative estimate of drug-likeness (QED) is 0.253. The standard InChI is InChI=1S/C13H15ClN2O5/c1-15(2)5-4-11(17)9-6-12(20-3)13(21-8-14)7-10(9)16(18)19/h4-7H,8H2,1-3H3. The fourth-order valence-electron chi connectivity index (χ4n) is 1.54. The molecule has 8 heteroatoms. The molecule has 0 aliphatic heterocycles. The molecule has 0 aliphatic rings. The fraction of sp³-hybridized carbons (Fsp3) is 0.308. The van der Waals surface area contributed by atoms with Gasteiger partial charge in [-0.3, -0.25) is 14.9 Å². The lowest BCUT2D eigenvalue weighted by Crippen LogP contribution is -2.06. The van der Waals surface area contributed by atoms with E-state index in [9.17, 15) is 14.9 Å². The van der Waals surface area contributed by atoms with E-state index >= 15 is 0 Å². The van der Waals surface area contributed by atoms with Crippen molar-refractivity contribution in [1.82, 2.24) is 4.90 Å². The van der Waals surface area contributed by atoms with Crippen molar-refractivity contribution in [2.45, 2.75) is 0 Å². The molecule has 0 aliphatic carbocycles. The number of rotatable bonds is 7. The van der Waals surface area contributed by atoms with Gasteiger partial charge in [0.05, 0.1) is 18.1 Å². The molecule has 0 fully saturated rings. The Bertz CT molecular complexity index is 572. The minimum atomic E-state index is -0.655. The maximum Gasteiger partial charge on any atom is 0.284 e. The molecule has 0 spiro atoms. The summed E-state index contributed by atoms with van der Waals surface area (Å²) in [4.78, 5) is 24.2. The zero-order chi connectivity index (χ0) is 16.0. The molecule has 1 aromatic carbocycles. The average Bonchev–Trinajstić information content (AvgIpc) is 2.44. The van der Waals surface area contributed by atoms with Crippen molar-refractivity contribution in [3.63, 3.8) is 0 Å². The van der Waals surface area contributed by atoms with E-state index in [1.54, 1.807) is 19.0 Å². The first-order chi connectivity index (χ1) is 9.90. The zero-order valence-electron chi connectivity index (χ0n) is 11.8. The van der Waals surface area contributed by atoms with E-state index in [4.69, 9.17) is 21.1 Å². The lowest BCUT2D eigenvalue weighted by atomic mass is 10.1. The summed E-state index contributed by atoms with van der Waals surface area (Å²) in [7, 11) is 4.83. The van der Waals surface area contributed by atoms with Gasteiger partial charge < -0.3 is 14.4 Å². The molecule has 1 aromatic rings. The van der Waals surface area contributed by atoms with E-state index in [0.29, 0.717) is 0 Å². The minimum Gasteiger partial charge on any atom is -0.493 e. The Kier molecular flexibility index (Phi) is 5.98. The molecular weight excluding hydrogens is 300 g/mol. The number of ketones is 1. The Morgan fingerprint density at radius 3 is 2.57 bits per heavy atom. The summed E-state index contributed by atoms with van der Waals surface area (Å²) in [6.07, 6.45) is 2.74. The average molecular weight is 315 g/mol. The Morgan fingerprint density at radius 2 is 2.10 bits per heavy atom. The minimum absolute atomic E-state index is 0.0862. The number of carbonyl (C=O) groups excluding carboxylic acids is 1. The third-order valence-electron chi connectivity index (χ3n) is 2.48. The summed E-state index contributed by atoms with van der Waals surface area (Å²) in [5.41, 5.74) is -0.457. The highest BCUT2D eigenvalue weighted by molar-refractivity contribution is 6.17. The number of ether oxygens (including phenoxy) is 2. The van der Waals surface area contributed by atoms with Crippen molar-refractivity contribution in [1.29, 1.82) is 0 Å². The number of carbonyl (C=O) groups is 1. The van der Waals surface area contributed by atoms with Gasteiger partial charge >= 0.3 is 0 Å². The molecule has 0 bridgehead atoms. The summed E-state index contributed by atoms with van der Waals surface area (Å²) in [6, 6.07) is 2.20. The SMILES string of the molecule is COc1cc(C(=O)C=CN(C)C)c([N+](=O)[O-])cc1OCCl. The van der Waals surface area contributed by atoms with Crippen molar-refractivity contribution in [3.8, 4) is 11.5 Å². The molecule has 0 amide bonds. The Hall–Kier alpha value is -2.28. The molecule has 1 rings (SSSR count). The maximum atomic E-state index is 12.1. The first-order valence-corrected chi connectivity index (χ1v) is 6.38. The first kappa shape index (κ1) is 16.8. The van der Waals surface area contributed by atoms with Crippen molar-refractivity contribution in [2.24, 2.45) is 0 Å². The van der Waals surface area contributed by atoms with Gasteiger partial charge in [-0.2, -0.15) is 0 Å². The summed E-state index contributed by atoms with van der Waals surface area (Å²) in [5.74, 6) is -0.207. The number of hydrogen-bond donors (Lipinski definition) is 0. The second-order valence-corrected chi connectivity index (χ2v) is 4.39. The van der Waals surface area contributed by atoms with Gasteiger partial charge in [-0.25, -0.2) is 0 Å². The van der Waals surface area contributed by atoms with Gasteiger partial charge in [0.25, 0.3) is 5.69 Å². The van der Waals surface area contributed by atoms with Gasteiger partial charge in [0.15, 0.2) is 23.3 Å². The molecule has 114 valence electrons. The lowest BCUT2D eigenvalue weighted by molar-refractivity contribution is -0.385. The molecular formula is C13H15ClN2O5. The predicted molar refractivity (Wildman–Crippen MR) is 78.2 cm³/mol. The van der Waals surface area contributed by atoms with Crippen LogP contribution in [-0.2, 0) is 0 Å². The molecule has 0 atom stereocenters. The van der Waals surface area contributed by atoms with Crippen LogP contribution in [0.4, 0.5) is 5.69 Å². The van der Waals surface area contributed by atoms with Gasteiger partial charge in [0, 0.05) is 32.4 Å². The summed E-state index contributed by atoms with van der Waals surface area (Å²) in [6.45, 7) is 0. The number of allylic oxidation sites excluding steroid dienone is 1. The fourth-order valence-corrected chi connectivity index (χ4v) is 1.65. The third kappa shape index (κ3) is 4.35. The molecule has 21 heavy (non-hydrogen) atoms. The second kappa shape index (κ2) is 7.49. The van der Waals surface area contributed by atoms with Crippen LogP contribution in [0.5, 0.6) is 11.5 Å². The van der Waals surface area contributed by atoms with Gasteiger partial charge in [-0.1, -0.05) is 11.6 Å². The largest absolute Gasteiger partial charge is 0.493 e. The van der Waals surface area contributed by atoms with Crippen molar-refractivity contribution in [2.75, 3.05) is 27.3 Å². The van der Waals surface area contributed by atoms with Gasteiger partial charge in [-0.15, -0.1) is 0 Å². The van der Waals surface area contributed by atoms with Crippen LogP contribution in [-0.4, -0.2) is 42.9 Å². The highest BCUT2D eigenvalue weighted by Crippen LogP contribution is 2.35. The van der Waals surface area contributed by atoms with E-state index in [1.165, 1.54) is 25.5 Å². The van der Waals surface area contributed by atoms with E-state index in [2.05, 4.69) is 0 Å². The van der Waals surface area contributed by atoms with Gasteiger partial charge in [0.2, 0.25) is 0 Å².